The second-order valence-corrected chi connectivity index (χ2v) is 5.71. The molecular formula is C13H16O3S. The Hall–Kier alpha value is -1.00. The maximum atomic E-state index is 10.6. The smallest absolute Gasteiger partial charge is 0.337 e. The molecule has 3 nitrogen and oxygen atoms in total. The largest absolute Gasteiger partial charge is 0.479 e. The summed E-state index contributed by atoms with van der Waals surface area (Å²) in [7, 11) is 0. The number of carboxylic acid groups (broad SMARTS) is 1. The summed E-state index contributed by atoms with van der Waals surface area (Å²) in [4.78, 5) is 11.8. The lowest BCUT2D eigenvalue weighted by Gasteiger charge is -2.10. The Labute approximate surface area is 105 Å². The molecule has 0 spiro atoms. The van der Waals surface area contributed by atoms with Crippen LogP contribution in [0.15, 0.2) is 29.2 Å². The number of aliphatic hydroxyl groups excluding tert-OH is 1. The van der Waals surface area contributed by atoms with E-state index in [0.29, 0.717) is 10.8 Å². The Balaban J connectivity index is 1.99. The van der Waals surface area contributed by atoms with Crippen LogP contribution in [-0.2, 0) is 4.79 Å². The van der Waals surface area contributed by atoms with Crippen LogP contribution in [0.5, 0.6) is 0 Å². The molecule has 1 aromatic carbocycles. The SMILES string of the molecule is O=C(O)C(O)c1ccc(SC2CCCC2)cc1. The van der Waals surface area contributed by atoms with Gasteiger partial charge in [-0.1, -0.05) is 25.0 Å². The number of benzene rings is 1. The van der Waals surface area contributed by atoms with Gasteiger partial charge in [-0.2, -0.15) is 0 Å². The summed E-state index contributed by atoms with van der Waals surface area (Å²) < 4.78 is 0. The fourth-order valence-corrected chi connectivity index (χ4v) is 3.32. The van der Waals surface area contributed by atoms with Crippen molar-refractivity contribution in [2.24, 2.45) is 0 Å². The number of aliphatic carboxylic acids is 1. The Bertz CT molecular complexity index is 382. The van der Waals surface area contributed by atoms with E-state index < -0.39 is 12.1 Å². The van der Waals surface area contributed by atoms with E-state index in [1.54, 1.807) is 12.1 Å². The van der Waals surface area contributed by atoms with Crippen LogP contribution in [0.2, 0.25) is 0 Å². The summed E-state index contributed by atoms with van der Waals surface area (Å²) in [6, 6.07) is 7.17. The van der Waals surface area contributed by atoms with Crippen molar-refractivity contribution in [3.8, 4) is 0 Å². The molecule has 0 bridgehead atoms. The van der Waals surface area contributed by atoms with Crippen molar-refractivity contribution >= 4 is 17.7 Å². The van der Waals surface area contributed by atoms with Crippen molar-refractivity contribution in [1.29, 1.82) is 0 Å². The molecule has 2 rings (SSSR count). The van der Waals surface area contributed by atoms with E-state index in [9.17, 15) is 9.90 Å². The first-order chi connectivity index (χ1) is 8.16. The second kappa shape index (κ2) is 5.56. The molecule has 1 fully saturated rings. The third-order valence-electron chi connectivity index (χ3n) is 3.03. The van der Waals surface area contributed by atoms with Gasteiger partial charge in [-0.05, 0) is 30.5 Å². The molecule has 0 amide bonds. The number of aliphatic hydroxyl groups is 1. The summed E-state index contributed by atoms with van der Waals surface area (Å²) in [5, 5.41) is 18.7. The Morgan fingerprint density at radius 2 is 1.82 bits per heavy atom. The molecule has 2 N–H and O–H groups in total. The van der Waals surface area contributed by atoms with E-state index in [1.807, 2.05) is 23.9 Å². The van der Waals surface area contributed by atoms with Gasteiger partial charge in [0.05, 0.1) is 0 Å². The van der Waals surface area contributed by atoms with Gasteiger partial charge in [-0.15, -0.1) is 11.8 Å². The van der Waals surface area contributed by atoms with Gasteiger partial charge in [-0.3, -0.25) is 0 Å². The van der Waals surface area contributed by atoms with Crippen LogP contribution in [0.1, 0.15) is 37.4 Å². The monoisotopic (exact) mass is 252 g/mol. The number of hydrogen-bond donors (Lipinski definition) is 2. The molecule has 92 valence electrons. The highest BCUT2D eigenvalue weighted by atomic mass is 32.2. The zero-order chi connectivity index (χ0) is 12.3. The maximum Gasteiger partial charge on any atom is 0.337 e. The first-order valence-corrected chi connectivity index (χ1v) is 6.72. The first-order valence-electron chi connectivity index (χ1n) is 5.84. The molecule has 1 aliphatic carbocycles. The summed E-state index contributed by atoms with van der Waals surface area (Å²) in [5.74, 6) is -1.21. The van der Waals surface area contributed by atoms with Gasteiger partial charge in [0.15, 0.2) is 6.10 Å². The minimum Gasteiger partial charge on any atom is -0.479 e. The maximum absolute atomic E-state index is 10.6. The lowest BCUT2D eigenvalue weighted by Crippen LogP contribution is -2.10. The Morgan fingerprint density at radius 1 is 1.24 bits per heavy atom. The van der Waals surface area contributed by atoms with E-state index >= 15 is 0 Å². The Kier molecular flexibility index (Phi) is 4.07. The van der Waals surface area contributed by atoms with Crippen LogP contribution in [0.25, 0.3) is 0 Å². The topological polar surface area (TPSA) is 57.5 Å². The Morgan fingerprint density at radius 3 is 2.35 bits per heavy atom. The van der Waals surface area contributed by atoms with Crippen molar-refractivity contribution < 1.29 is 15.0 Å². The van der Waals surface area contributed by atoms with E-state index in [2.05, 4.69) is 0 Å². The van der Waals surface area contributed by atoms with Gasteiger partial charge >= 0.3 is 5.97 Å². The zero-order valence-electron chi connectivity index (χ0n) is 9.50. The third-order valence-corrected chi connectivity index (χ3v) is 4.38. The summed E-state index contributed by atoms with van der Waals surface area (Å²) in [6.07, 6.45) is 3.75. The summed E-state index contributed by atoms with van der Waals surface area (Å²) in [6.45, 7) is 0. The van der Waals surface area contributed by atoms with Crippen molar-refractivity contribution in [2.75, 3.05) is 0 Å². The van der Waals surface area contributed by atoms with Crippen LogP contribution in [0, 0.1) is 0 Å². The summed E-state index contributed by atoms with van der Waals surface area (Å²) >= 11 is 1.85. The minimum atomic E-state index is -1.42. The highest BCUT2D eigenvalue weighted by Crippen LogP contribution is 2.34. The highest BCUT2D eigenvalue weighted by Gasteiger charge is 2.18. The van der Waals surface area contributed by atoms with E-state index in [1.165, 1.54) is 25.7 Å². The molecule has 1 saturated carbocycles. The third kappa shape index (κ3) is 3.23. The minimum absolute atomic E-state index is 0.438. The first kappa shape index (κ1) is 12.5. The second-order valence-electron chi connectivity index (χ2n) is 4.33. The number of rotatable bonds is 4. The number of hydrogen-bond acceptors (Lipinski definition) is 3. The molecule has 0 saturated heterocycles. The quantitative estimate of drug-likeness (QED) is 0.865. The molecule has 1 atom stereocenters. The van der Waals surface area contributed by atoms with Gasteiger partial charge in [0.2, 0.25) is 0 Å². The fraction of sp³-hybridized carbons (Fsp3) is 0.462. The lowest BCUT2D eigenvalue weighted by atomic mass is 10.1. The molecule has 1 unspecified atom stereocenters. The molecule has 0 aromatic heterocycles. The van der Waals surface area contributed by atoms with Gasteiger partial charge in [0.25, 0.3) is 0 Å². The van der Waals surface area contributed by atoms with Gasteiger partial charge in [0.1, 0.15) is 0 Å². The molecule has 1 aliphatic rings. The predicted molar refractivity (Wildman–Crippen MR) is 67.2 cm³/mol. The normalized spacial score (nSPS) is 18.2. The highest BCUT2D eigenvalue weighted by molar-refractivity contribution is 8.00. The molecule has 0 aliphatic heterocycles. The van der Waals surface area contributed by atoms with Crippen LogP contribution in [0.3, 0.4) is 0 Å². The van der Waals surface area contributed by atoms with Gasteiger partial charge < -0.3 is 10.2 Å². The zero-order valence-corrected chi connectivity index (χ0v) is 10.3. The van der Waals surface area contributed by atoms with Crippen molar-refractivity contribution in [2.45, 2.75) is 41.9 Å². The van der Waals surface area contributed by atoms with Crippen molar-refractivity contribution in [3.63, 3.8) is 0 Å². The standard InChI is InChI=1S/C13H16O3S/c14-12(13(15)16)9-5-7-11(8-6-9)17-10-3-1-2-4-10/h5-8,10,12,14H,1-4H2,(H,15,16). The average molecular weight is 252 g/mol. The van der Waals surface area contributed by atoms with Crippen LogP contribution >= 0.6 is 11.8 Å². The molecular weight excluding hydrogens is 236 g/mol. The lowest BCUT2D eigenvalue weighted by molar-refractivity contribution is -0.146. The van der Waals surface area contributed by atoms with E-state index in [0.717, 1.165) is 4.90 Å². The number of thioether (sulfide) groups is 1. The van der Waals surface area contributed by atoms with Crippen molar-refractivity contribution in [1.82, 2.24) is 0 Å². The summed E-state index contributed by atoms with van der Waals surface area (Å²) in [5.41, 5.74) is 0.438. The van der Waals surface area contributed by atoms with Crippen molar-refractivity contribution in [3.05, 3.63) is 29.8 Å². The van der Waals surface area contributed by atoms with Gasteiger partial charge in [0, 0.05) is 10.1 Å². The van der Waals surface area contributed by atoms with Gasteiger partial charge in [-0.25, -0.2) is 4.79 Å². The van der Waals surface area contributed by atoms with E-state index in [-0.39, 0.29) is 0 Å². The van der Waals surface area contributed by atoms with Crippen LogP contribution < -0.4 is 0 Å². The fourth-order valence-electron chi connectivity index (χ4n) is 2.07. The molecule has 0 heterocycles. The molecule has 17 heavy (non-hydrogen) atoms. The number of carbonyl (C=O) groups is 1. The molecule has 0 radical (unpaired) electrons. The van der Waals surface area contributed by atoms with Crippen LogP contribution in [0.4, 0.5) is 0 Å². The van der Waals surface area contributed by atoms with Crippen LogP contribution in [-0.4, -0.2) is 21.4 Å². The number of carboxylic acids is 1. The molecule has 1 aromatic rings. The predicted octanol–water partition coefficient (Wildman–Crippen LogP) is 2.84. The average Bonchev–Trinajstić information content (AvgIpc) is 2.82. The van der Waals surface area contributed by atoms with E-state index in [4.69, 9.17) is 5.11 Å². The molecule has 4 heteroatoms.